The van der Waals surface area contributed by atoms with Crippen LogP contribution >= 0.6 is 0 Å². The molecule has 2 aliphatic carbocycles. The highest BCUT2D eigenvalue weighted by molar-refractivity contribution is 5.32. The molecule has 2 fully saturated rings. The Kier molecular flexibility index (Phi) is 11.2. The van der Waals surface area contributed by atoms with Crippen molar-refractivity contribution in [2.45, 2.75) is 117 Å². The minimum absolute atomic E-state index is 0.526. The Morgan fingerprint density at radius 1 is 0.656 bits per heavy atom. The first-order chi connectivity index (χ1) is 15.8. The lowest BCUT2D eigenvalue weighted by molar-refractivity contribution is 0.294. The summed E-state index contributed by atoms with van der Waals surface area (Å²) in [5, 5.41) is 0. The summed E-state index contributed by atoms with van der Waals surface area (Å²) in [4.78, 5) is 8.92. The van der Waals surface area contributed by atoms with Crippen molar-refractivity contribution in [3.05, 3.63) is 23.8 Å². The van der Waals surface area contributed by atoms with E-state index in [0.29, 0.717) is 17.7 Å². The molecule has 1 aromatic heterocycles. The second-order valence-electron chi connectivity index (χ2n) is 10.3. The predicted molar refractivity (Wildman–Crippen MR) is 135 cm³/mol. The fourth-order valence-electron chi connectivity index (χ4n) is 5.37. The van der Waals surface area contributed by atoms with Crippen molar-refractivity contribution in [2.24, 2.45) is 23.7 Å². The van der Waals surface area contributed by atoms with Crippen molar-refractivity contribution in [1.82, 2.24) is 9.97 Å². The highest BCUT2D eigenvalue weighted by Gasteiger charge is 2.20. The first-order valence-electron chi connectivity index (χ1n) is 13.6. The molecular weight excluding hydrogens is 388 g/mol. The van der Waals surface area contributed by atoms with Crippen LogP contribution in [0.2, 0.25) is 0 Å². The molecular formula is C30H44N2. The molecule has 2 aliphatic rings. The Bertz CT molecular complexity index is 690. The summed E-state index contributed by atoms with van der Waals surface area (Å²) in [5.41, 5.74) is 0.924. The van der Waals surface area contributed by atoms with Gasteiger partial charge >= 0.3 is 0 Å². The van der Waals surface area contributed by atoms with Crippen LogP contribution in [0.3, 0.4) is 0 Å². The lowest BCUT2D eigenvalue weighted by atomic mass is 9.80. The molecule has 0 aliphatic heterocycles. The van der Waals surface area contributed by atoms with Gasteiger partial charge in [0, 0.05) is 24.2 Å². The van der Waals surface area contributed by atoms with Crippen LogP contribution in [0.4, 0.5) is 0 Å². The van der Waals surface area contributed by atoms with Gasteiger partial charge in [-0.15, -0.1) is 0 Å². The van der Waals surface area contributed by atoms with E-state index in [0.717, 1.165) is 17.4 Å². The maximum atomic E-state index is 4.46. The Labute approximate surface area is 197 Å². The molecule has 0 spiro atoms. The van der Waals surface area contributed by atoms with Gasteiger partial charge in [-0.1, -0.05) is 83.0 Å². The molecule has 2 nitrogen and oxygen atoms in total. The van der Waals surface area contributed by atoms with Crippen molar-refractivity contribution in [3.63, 3.8) is 0 Å². The molecule has 0 unspecified atom stereocenters. The zero-order valence-electron chi connectivity index (χ0n) is 20.7. The largest absolute Gasteiger partial charge is 0.228 e. The van der Waals surface area contributed by atoms with E-state index in [4.69, 9.17) is 0 Å². The van der Waals surface area contributed by atoms with E-state index in [2.05, 4.69) is 47.5 Å². The number of aromatic nitrogens is 2. The van der Waals surface area contributed by atoms with Gasteiger partial charge in [-0.05, 0) is 69.1 Å². The SMILES string of the molecule is CCCCC[C@H]1CC[C@H](C#Cc2cnc(C#C[C@H]3CC[C@H](CCCCC)CC3)nc2)CC1. The van der Waals surface area contributed by atoms with Crippen LogP contribution in [0.5, 0.6) is 0 Å². The van der Waals surface area contributed by atoms with Crippen LogP contribution in [0, 0.1) is 47.4 Å². The van der Waals surface area contributed by atoms with E-state index in [1.54, 1.807) is 0 Å². The number of unbranched alkanes of at least 4 members (excludes halogenated alkanes) is 4. The van der Waals surface area contributed by atoms with Gasteiger partial charge in [0.25, 0.3) is 0 Å². The Morgan fingerprint density at radius 2 is 1.12 bits per heavy atom. The summed E-state index contributed by atoms with van der Waals surface area (Å²) in [6, 6.07) is 0. The molecule has 3 rings (SSSR count). The monoisotopic (exact) mass is 432 g/mol. The highest BCUT2D eigenvalue weighted by Crippen LogP contribution is 2.32. The summed E-state index contributed by atoms with van der Waals surface area (Å²) >= 11 is 0. The van der Waals surface area contributed by atoms with Gasteiger partial charge in [0.1, 0.15) is 0 Å². The second kappa shape index (κ2) is 14.4. The van der Waals surface area contributed by atoms with Crippen LogP contribution in [-0.2, 0) is 0 Å². The van der Waals surface area contributed by atoms with E-state index >= 15 is 0 Å². The molecule has 0 aromatic carbocycles. The number of nitrogens with zero attached hydrogens (tertiary/aromatic N) is 2. The van der Waals surface area contributed by atoms with Crippen LogP contribution < -0.4 is 0 Å². The second-order valence-corrected chi connectivity index (χ2v) is 10.3. The standard InChI is InChI=1S/C30H44N2/c1-3-5-7-9-25-11-15-27(16-12-25)19-20-29-23-31-30(32-24-29)22-21-28-17-13-26(14-18-28)10-8-6-4-2/h23-28H,3-18H2,1-2H3/t25-,26-,27-,28-. The lowest BCUT2D eigenvalue weighted by Gasteiger charge is -2.25. The molecule has 32 heavy (non-hydrogen) atoms. The van der Waals surface area contributed by atoms with E-state index < -0.39 is 0 Å². The molecule has 0 N–H and O–H groups in total. The van der Waals surface area contributed by atoms with Crippen LogP contribution in [0.25, 0.3) is 0 Å². The molecule has 1 aromatic rings. The topological polar surface area (TPSA) is 25.8 Å². The van der Waals surface area contributed by atoms with E-state index in [-0.39, 0.29) is 0 Å². The van der Waals surface area contributed by atoms with Gasteiger partial charge in [0.15, 0.2) is 0 Å². The maximum absolute atomic E-state index is 4.46. The third kappa shape index (κ3) is 8.98. The number of hydrogen-bond acceptors (Lipinski definition) is 2. The third-order valence-electron chi connectivity index (χ3n) is 7.59. The minimum atomic E-state index is 0.526. The van der Waals surface area contributed by atoms with Gasteiger partial charge in [-0.2, -0.15) is 0 Å². The molecule has 2 saturated carbocycles. The number of hydrogen-bond donors (Lipinski definition) is 0. The summed E-state index contributed by atoms with van der Waals surface area (Å²) in [5.74, 6) is 17.1. The Hall–Kier alpha value is -1.80. The molecule has 2 heteroatoms. The summed E-state index contributed by atoms with van der Waals surface area (Å²) in [6.45, 7) is 4.57. The summed E-state index contributed by atoms with van der Waals surface area (Å²) < 4.78 is 0. The molecule has 174 valence electrons. The van der Waals surface area contributed by atoms with Gasteiger partial charge in [-0.25, -0.2) is 9.97 Å². The average Bonchev–Trinajstić information content (AvgIpc) is 2.84. The summed E-state index contributed by atoms with van der Waals surface area (Å²) in [6.07, 6.45) is 25.2. The smallest absolute Gasteiger partial charge is 0.204 e. The van der Waals surface area contributed by atoms with Gasteiger partial charge in [0.2, 0.25) is 5.82 Å². The predicted octanol–water partition coefficient (Wildman–Crippen LogP) is 7.95. The lowest BCUT2D eigenvalue weighted by Crippen LogP contribution is -2.13. The quantitative estimate of drug-likeness (QED) is 0.307. The van der Waals surface area contributed by atoms with Gasteiger partial charge < -0.3 is 0 Å². The molecule has 0 amide bonds. The zero-order valence-corrected chi connectivity index (χ0v) is 20.7. The van der Waals surface area contributed by atoms with Crippen molar-refractivity contribution in [2.75, 3.05) is 0 Å². The third-order valence-corrected chi connectivity index (χ3v) is 7.59. The highest BCUT2D eigenvalue weighted by atomic mass is 14.8. The van der Waals surface area contributed by atoms with Crippen molar-refractivity contribution in [1.29, 1.82) is 0 Å². The Balaban J connectivity index is 1.39. The number of rotatable bonds is 8. The molecule has 0 saturated heterocycles. The molecule has 0 atom stereocenters. The molecule has 0 radical (unpaired) electrons. The van der Waals surface area contributed by atoms with E-state index in [9.17, 15) is 0 Å². The van der Waals surface area contributed by atoms with Crippen LogP contribution in [0.15, 0.2) is 12.4 Å². The fraction of sp³-hybridized carbons (Fsp3) is 0.733. The zero-order chi connectivity index (χ0) is 22.4. The van der Waals surface area contributed by atoms with Crippen LogP contribution in [0.1, 0.15) is 128 Å². The van der Waals surface area contributed by atoms with Crippen molar-refractivity contribution < 1.29 is 0 Å². The fourth-order valence-corrected chi connectivity index (χ4v) is 5.37. The maximum Gasteiger partial charge on any atom is 0.204 e. The van der Waals surface area contributed by atoms with Crippen molar-refractivity contribution >= 4 is 0 Å². The van der Waals surface area contributed by atoms with E-state index in [1.165, 1.54) is 103 Å². The van der Waals surface area contributed by atoms with Gasteiger partial charge in [-0.3, -0.25) is 0 Å². The minimum Gasteiger partial charge on any atom is -0.228 e. The molecule has 0 bridgehead atoms. The van der Waals surface area contributed by atoms with E-state index in [1.807, 2.05) is 12.4 Å². The average molecular weight is 433 g/mol. The van der Waals surface area contributed by atoms with Crippen LogP contribution in [-0.4, -0.2) is 9.97 Å². The molecule has 1 heterocycles. The van der Waals surface area contributed by atoms with Crippen molar-refractivity contribution in [3.8, 4) is 23.7 Å². The Morgan fingerprint density at radius 3 is 1.59 bits per heavy atom. The summed E-state index contributed by atoms with van der Waals surface area (Å²) in [7, 11) is 0. The first kappa shape index (κ1) is 24.8. The normalized spacial score (nSPS) is 25.3. The first-order valence-corrected chi connectivity index (χ1v) is 13.6. The van der Waals surface area contributed by atoms with Gasteiger partial charge in [0.05, 0.1) is 5.56 Å².